The van der Waals surface area contributed by atoms with E-state index in [1.165, 1.54) is 12.1 Å². The predicted molar refractivity (Wildman–Crippen MR) is 71.6 cm³/mol. The van der Waals surface area contributed by atoms with E-state index in [-0.39, 0.29) is 12.4 Å². The van der Waals surface area contributed by atoms with Gasteiger partial charge in [-0.15, -0.1) is 0 Å². The largest absolute Gasteiger partial charge is 0.409 e. The third kappa shape index (κ3) is 4.84. The number of nitrogens with two attached hydrogens (primary N) is 1. The Balaban J connectivity index is 2.85. The van der Waals surface area contributed by atoms with Crippen LogP contribution in [0.1, 0.15) is 24.5 Å². The number of oxime groups is 1. The second kappa shape index (κ2) is 7.70. The normalized spacial score (nSPS) is 12.1. The van der Waals surface area contributed by atoms with Gasteiger partial charge in [0.15, 0.2) is 5.84 Å². The summed E-state index contributed by atoms with van der Waals surface area (Å²) in [6, 6.07) is 4.35. The van der Waals surface area contributed by atoms with Crippen LogP contribution in [0.3, 0.4) is 0 Å². The van der Waals surface area contributed by atoms with Crippen LogP contribution < -0.4 is 5.73 Å². The van der Waals surface area contributed by atoms with E-state index in [9.17, 15) is 4.39 Å². The summed E-state index contributed by atoms with van der Waals surface area (Å²) in [5.41, 5.74) is 6.57. The van der Waals surface area contributed by atoms with Crippen molar-refractivity contribution in [1.82, 2.24) is 4.90 Å². The molecule has 4 N–H and O–H groups in total. The Morgan fingerprint density at radius 2 is 2.16 bits per heavy atom. The van der Waals surface area contributed by atoms with E-state index in [1.54, 1.807) is 6.07 Å². The van der Waals surface area contributed by atoms with Gasteiger partial charge in [-0.05, 0) is 36.7 Å². The summed E-state index contributed by atoms with van der Waals surface area (Å²) in [6.45, 7) is 4.23. The molecule has 0 aliphatic carbocycles. The molecule has 6 heteroatoms. The molecule has 0 radical (unpaired) electrons. The zero-order valence-corrected chi connectivity index (χ0v) is 11.0. The lowest BCUT2D eigenvalue weighted by atomic mass is 10.1. The number of rotatable bonds is 7. The molecule has 0 unspecified atom stereocenters. The Bertz CT molecular complexity index is 438. The fourth-order valence-corrected chi connectivity index (χ4v) is 1.85. The van der Waals surface area contributed by atoms with Crippen LogP contribution in [0, 0.1) is 5.82 Å². The van der Waals surface area contributed by atoms with Crippen molar-refractivity contribution in [3.63, 3.8) is 0 Å². The monoisotopic (exact) mass is 269 g/mol. The van der Waals surface area contributed by atoms with Crippen LogP contribution in [0.2, 0.25) is 0 Å². The van der Waals surface area contributed by atoms with Crippen molar-refractivity contribution in [2.45, 2.75) is 19.9 Å². The van der Waals surface area contributed by atoms with Gasteiger partial charge >= 0.3 is 0 Å². The number of amidine groups is 1. The van der Waals surface area contributed by atoms with Crippen molar-refractivity contribution in [1.29, 1.82) is 0 Å². The number of halogens is 1. The summed E-state index contributed by atoms with van der Waals surface area (Å²) in [5, 5.41) is 20.3. The number of benzene rings is 1. The summed E-state index contributed by atoms with van der Waals surface area (Å²) in [5.74, 6) is -0.531. The van der Waals surface area contributed by atoms with Crippen LogP contribution in [0.4, 0.5) is 4.39 Å². The summed E-state index contributed by atoms with van der Waals surface area (Å²) >= 11 is 0. The number of nitrogens with zero attached hydrogens (tertiary/aromatic N) is 2. The minimum absolute atomic E-state index is 0.112. The first-order chi connectivity index (χ1) is 9.10. The van der Waals surface area contributed by atoms with E-state index in [0.29, 0.717) is 18.5 Å². The Labute approximate surface area is 112 Å². The van der Waals surface area contributed by atoms with E-state index in [0.717, 1.165) is 18.7 Å². The highest BCUT2D eigenvalue weighted by atomic mass is 19.1. The summed E-state index contributed by atoms with van der Waals surface area (Å²) in [6.07, 6.45) is 0.677. The Morgan fingerprint density at radius 1 is 1.42 bits per heavy atom. The summed E-state index contributed by atoms with van der Waals surface area (Å²) in [4.78, 5) is 2.08. The second-order valence-corrected chi connectivity index (χ2v) is 4.28. The molecule has 0 saturated heterocycles. The SMILES string of the molecule is CCN(CCCO)Cc1cc(F)cc(/C(N)=N/O)c1. The van der Waals surface area contributed by atoms with Gasteiger partial charge in [0.2, 0.25) is 0 Å². The van der Waals surface area contributed by atoms with Crippen molar-refractivity contribution in [2.75, 3.05) is 19.7 Å². The molecular weight excluding hydrogens is 249 g/mol. The topological polar surface area (TPSA) is 82.1 Å². The molecule has 0 spiro atoms. The van der Waals surface area contributed by atoms with Gasteiger partial charge < -0.3 is 16.0 Å². The zero-order chi connectivity index (χ0) is 14.3. The average Bonchev–Trinajstić information content (AvgIpc) is 2.41. The molecular formula is C13H20FN3O2. The molecule has 0 amide bonds. The first kappa shape index (κ1) is 15.4. The molecule has 0 heterocycles. The van der Waals surface area contributed by atoms with Gasteiger partial charge in [-0.3, -0.25) is 4.90 Å². The molecule has 0 bridgehead atoms. The minimum Gasteiger partial charge on any atom is -0.409 e. The van der Waals surface area contributed by atoms with Crippen molar-refractivity contribution < 1.29 is 14.7 Å². The minimum atomic E-state index is -0.419. The Morgan fingerprint density at radius 3 is 2.74 bits per heavy atom. The maximum Gasteiger partial charge on any atom is 0.170 e. The van der Waals surface area contributed by atoms with E-state index in [4.69, 9.17) is 16.0 Å². The summed E-state index contributed by atoms with van der Waals surface area (Å²) in [7, 11) is 0. The maximum absolute atomic E-state index is 13.5. The average molecular weight is 269 g/mol. The van der Waals surface area contributed by atoms with Gasteiger partial charge in [-0.2, -0.15) is 0 Å². The van der Waals surface area contributed by atoms with Crippen LogP contribution in [0.15, 0.2) is 23.4 Å². The van der Waals surface area contributed by atoms with Gasteiger partial charge in [0.25, 0.3) is 0 Å². The zero-order valence-electron chi connectivity index (χ0n) is 11.0. The molecule has 106 valence electrons. The van der Waals surface area contributed by atoms with Gasteiger partial charge in [0.05, 0.1) is 0 Å². The number of hydrogen-bond acceptors (Lipinski definition) is 4. The Hall–Kier alpha value is -1.66. The third-order valence-corrected chi connectivity index (χ3v) is 2.85. The molecule has 0 atom stereocenters. The lowest BCUT2D eigenvalue weighted by Crippen LogP contribution is -2.25. The van der Waals surface area contributed by atoms with E-state index >= 15 is 0 Å². The van der Waals surface area contributed by atoms with Crippen molar-refractivity contribution >= 4 is 5.84 Å². The van der Waals surface area contributed by atoms with Crippen LogP contribution >= 0.6 is 0 Å². The van der Waals surface area contributed by atoms with Gasteiger partial charge in [0.1, 0.15) is 5.82 Å². The van der Waals surface area contributed by atoms with E-state index < -0.39 is 5.82 Å². The van der Waals surface area contributed by atoms with Gasteiger partial charge in [0, 0.05) is 25.3 Å². The molecule has 5 nitrogen and oxygen atoms in total. The molecule has 19 heavy (non-hydrogen) atoms. The smallest absolute Gasteiger partial charge is 0.170 e. The number of hydrogen-bond donors (Lipinski definition) is 3. The molecule has 0 aromatic heterocycles. The van der Waals surface area contributed by atoms with Gasteiger partial charge in [-0.1, -0.05) is 12.1 Å². The number of aliphatic hydroxyl groups is 1. The summed E-state index contributed by atoms with van der Waals surface area (Å²) < 4.78 is 13.5. The molecule has 0 saturated carbocycles. The molecule has 0 aliphatic rings. The van der Waals surface area contributed by atoms with Crippen molar-refractivity contribution in [2.24, 2.45) is 10.9 Å². The highest BCUT2D eigenvalue weighted by Crippen LogP contribution is 2.12. The highest BCUT2D eigenvalue weighted by Gasteiger charge is 2.08. The molecule has 0 aliphatic heterocycles. The number of aliphatic hydroxyl groups excluding tert-OH is 1. The lowest BCUT2D eigenvalue weighted by molar-refractivity contribution is 0.225. The molecule has 1 aromatic rings. The molecule has 1 rings (SSSR count). The maximum atomic E-state index is 13.5. The lowest BCUT2D eigenvalue weighted by Gasteiger charge is -2.20. The molecule has 0 fully saturated rings. The van der Waals surface area contributed by atoms with Crippen molar-refractivity contribution in [3.8, 4) is 0 Å². The first-order valence-corrected chi connectivity index (χ1v) is 6.21. The fourth-order valence-electron chi connectivity index (χ4n) is 1.85. The highest BCUT2D eigenvalue weighted by molar-refractivity contribution is 5.97. The quantitative estimate of drug-likeness (QED) is 0.300. The van der Waals surface area contributed by atoms with Crippen LogP contribution in [0.25, 0.3) is 0 Å². The van der Waals surface area contributed by atoms with Gasteiger partial charge in [-0.25, -0.2) is 4.39 Å². The molecule has 1 aromatic carbocycles. The van der Waals surface area contributed by atoms with Crippen LogP contribution in [-0.4, -0.2) is 40.7 Å². The predicted octanol–water partition coefficient (Wildman–Crippen LogP) is 1.12. The Kier molecular flexibility index (Phi) is 6.24. The van der Waals surface area contributed by atoms with Crippen LogP contribution in [0.5, 0.6) is 0 Å². The first-order valence-electron chi connectivity index (χ1n) is 6.21. The second-order valence-electron chi connectivity index (χ2n) is 4.28. The fraction of sp³-hybridized carbons (Fsp3) is 0.462. The van der Waals surface area contributed by atoms with Crippen LogP contribution in [-0.2, 0) is 6.54 Å². The van der Waals surface area contributed by atoms with E-state index in [2.05, 4.69) is 10.1 Å². The third-order valence-electron chi connectivity index (χ3n) is 2.85. The van der Waals surface area contributed by atoms with E-state index in [1.807, 2.05) is 6.92 Å². The van der Waals surface area contributed by atoms with Crippen molar-refractivity contribution in [3.05, 3.63) is 35.1 Å². The standard InChI is InChI=1S/C13H20FN3O2/c1-2-17(4-3-5-18)9-10-6-11(13(15)16-19)8-12(14)7-10/h6-8,18-19H,2-5,9H2,1H3,(H2,15,16).